The minimum atomic E-state index is -0.284. The number of halogens is 1. The molecule has 1 aromatic rings. The molecule has 0 saturated carbocycles. The molecule has 4 nitrogen and oxygen atoms in total. The fraction of sp³-hybridized carbons (Fsp3) is 0.500. The second-order valence-electron chi connectivity index (χ2n) is 3.96. The van der Waals surface area contributed by atoms with Gasteiger partial charge in [-0.3, -0.25) is 4.79 Å². The van der Waals surface area contributed by atoms with Crippen LogP contribution in [0, 0.1) is 0 Å². The highest BCUT2D eigenvalue weighted by atomic mass is 35.5. The van der Waals surface area contributed by atoms with Crippen molar-refractivity contribution in [3.05, 3.63) is 23.8 Å². The molecule has 0 aromatic heterocycles. The molecule has 0 N–H and O–H groups in total. The van der Waals surface area contributed by atoms with Gasteiger partial charge in [0.05, 0.1) is 26.2 Å². The van der Waals surface area contributed by atoms with Crippen molar-refractivity contribution < 1.29 is 19.0 Å². The zero-order chi connectivity index (χ0) is 14.3. The van der Waals surface area contributed by atoms with Crippen molar-refractivity contribution in [3.63, 3.8) is 0 Å². The van der Waals surface area contributed by atoms with Crippen molar-refractivity contribution in [2.75, 3.05) is 20.8 Å². The number of carbonyl (C=O) groups is 1. The molecule has 1 aromatic carbocycles. The summed E-state index contributed by atoms with van der Waals surface area (Å²) in [5.74, 6) is 1.12. The summed E-state index contributed by atoms with van der Waals surface area (Å²) >= 11 is 6.29. The van der Waals surface area contributed by atoms with E-state index in [4.69, 9.17) is 25.8 Å². The highest BCUT2D eigenvalue weighted by Gasteiger charge is 2.13. The molecule has 0 aliphatic heterocycles. The van der Waals surface area contributed by atoms with Crippen molar-refractivity contribution in [1.82, 2.24) is 0 Å². The lowest BCUT2D eigenvalue weighted by Gasteiger charge is -2.13. The number of hydrogen-bond donors (Lipinski definition) is 0. The van der Waals surface area contributed by atoms with Gasteiger partial charge in [-0.2, -0.15) is 0 Å². The fourth-order valence-corrected chi connectivity index (χ4v) is 1.89. The van der Waals surface area contributed by atoms with E-state index in [1.54, 1.807) is 27.2 Å². The van der Waals surface area contributed by atoms with E-state index in [1.807, 2.05) is 12.1 Å². The number of alkyl halides is 1. The maximum atomic E-state index is 11.3. The minimum Gasteiger partial charge on any atom is -0.497 e. The molecule has 0 aliphatic carbocycles. The molecule has 1 rings (SSSR count). The lowest BCUT2D eigenvalue weighted by atomic mass is 10.1. The lowest BCUT2D eigenvalue weighted by molar-refractivity contribution is -0.143. The van der Waals surface area contributed by atoms with Gasteiger partial charge in [0, 0.05) is 12.5 Å². The van der Waals surface area contributed by atoms with Gasteiger partial charge in [-0.25, -0.2) is 0 Å². The predicted octanol–water partition coefficient (Wildman–Crippen LogP) is 3.33. The molecule has 0 fully saturated rings. The summed E-state index contributed by atoms with van der Waals surface area (Å²) in [4.78, 5) is 11.3. The van der Waals surface area contributed by atoms with E-state index < -0.39 is 0 Å². The Labute approximate surface area is 118 Å². The monoisotopic (exact) mass is 286 g/mol. The SMILES string of the molecule is CCOC(=O)CCC(Cl)c1cc(OC)cc(OC)c1. The molecule has 0 bridgehead atoms. The van der Waals surface area contributed by atoms with Crippen LogP contribution in [0.5, 0.6) is 11.5 Å². The predicted molar refractivity (Wildman–Crippen MR) is 74.0 cm³/mol. The maximum absolute atomic E-state index is 11.3. The lowest BCUT2D eigenvalue weighted by Crippen LogP contribution is -2.05. The van der Waals surface area contributed by atoms with E-state index in [2.05, 4.69) is 0 Å². The van der Waals surface area contributed by atoms with Gasteiger partial charge in [0.1, 0.15) is 11.5 Å². The van der Waals surface area contributed by atoms with Gasteiger partial charge < -0.3 is 14.2 Å². The molecule has 0 amide bonds. The van der Waals surface area contributed by atoms with Crippen molar-refractivity contribution >= 4 is 17.6 Å². The van der Waals surface area contributed by atoms with Gasteiger partial charge in [0.25, 0.3) is 0 Å². The van der Waals surface area contributed by atoms with Crippen LogP contribution >= 0.6 is 11.6 Å². The molecule has 0 aliphatic rings. The molecule has 19 heavy (non-hydrogen) atoms. The van der Waals surface area contributed by atoms with Crippen LogP contribution in [0.2, 0.25) is 0 Å². The largest absolute Gasteiger partial charge is 0.497 e. The summed E-state index contributed by atoms with van der Waals surface area (Å²) in [6.45, 7) is 2.17. The molecule has 0 heterocycles. The Balaban J connectivity index is 2.70. The molecule has 0 spiro atoms. The van der Waals surface area contributed by atoms with Gasteiger partial charge in [-0.1, -0.05) is 0 Å². The Kier molecular flexibility index (Phi) is 6.50. The van der Waals surface area contributed by atoms with E-state index in [0.29, 0.717) is 30.9 Å². The highest BCUT2D eigenvalue weighted by molar-refractivity contribution is 6.20. The normalized spacial score (nSPS) is 11.8. The van der Waals surface area contributed by atoms with Gasteiger partial charge in [-0.15, -0.1) is 11.6 Å². The number of ether oxygens (including phenoxy) is 3. The smallest absolute Gasteiger partial charge is 0.305 e. The van der Waals surface area contributed by atoms with E-state index in [9.17, 15) is 4.79 Å². The Morgan fingerprint density at radius 2 is 1.79 bits per heavy atom. The van der Waals surface area contributed by atoms with Crippen LogP contribution in [-0.2, 0) is 9.53 Å². The molecule has 0 saturated heterocycles. The number of esters is 1. The molecule has 0 radical (unpaired) electrons. The van der Waals surface area contributed by atoms with E-state index >= 15 is 0 Å². The Morgan fingerprint density at radius 3 is 2.26 bits per heavy atom. The van der Waals surface area contributed by atoms with Crippen LogP contribution in [0.15, 0.2) is 18.2 Å². The summed E-state index contributed by atoms with van der Waals surface area (Å²) in [6, 6.07) is 5.45. The third kappa shape index (κ3) is 4.99. The van der Waals surface area contributed by atoms with E-state index in [-0.39, 0.29) is 11.3 Å². The number of rotatable bonds is 7. The van der Waals surface area contributed by atoms with E-state index in [0.717, 1.165) is 5.56 Å². The quantitative estimate of drug-likeness (QED) is 0.570. The van der Waals surface area contributed by atoms with Crippen LogP contribution in [0.3, 0.4) is 0 Å². The fourth-order valence-electron chi connectivity index (χ4n) is 1.65. The first kappa shape index (κ1) is 15.6. The molecular weight excluding hydrogens is 268 g/mol. The van der Waals surface area contributed by atoms with Crippen molar-refractivity contribution in [3.8, 4) is 11.5 Å². The highest BCUT2D eigenvalue weighted by Crippen LogP contribution is 2.32. The van der Waals surface area contributed by atoms with Gasteiger partial charge >= 0.3 is 5.97 Å². The van der Waals surface area contributed by atoms with Crippen LogP contribution in [0.4, 0.5) is 0 Å². The summed E-state index contributed by atoms with van der Waals surface area (Å²) in [7, 11) is 3.17. The van der Waals surface area contributed by atoms with E-state index in [1.165, 1.54) is 0 Å². The average Bonchev–Trinajstić information content (AvgIpc) is 2.44. The van der Waals surface area contributed by atoms with Gasteiger partial charge in [0.15, 0.2) is 0 Å². The third-order valence-corrected chi connectivity index (χ3v) is 3.11. The molecule has 5 heteroatoms. The zero-order valence-corrected chi connectivity index (χ0v) is 12.2. The van der Waals surface area contributed by atoms with Crippen molar-refractivity contribution in [2.45, 2.75) is 25.1 Å². The molecule has 1 atom stereocenters. The first-order valence-electron chi connectivity index (χ1n) is 6.13. The molecule has 106 valence electrons. The second-order valence-corrected chi connectivity index (χ2v) is 4.48. The summed E-state index contributed by atoms with van der Waals surface area (Å²) in [5.41, 5.74) is 0.863. The number of carbonyl (C=O) groups excluding carboxylic acids is 1. The van der Waals surface area contributed by atoms with Crippen molar-refractivity contribution in [1.29, 1.82) is 0 Å². The maximum Gasteiger partial charge on any atom is 0.305 e. The number of benzene rings is 1. The van der Waals surface area contributed by atoms with Crippen molar-refractivity contribution in [2.24, 2.45) is 0 Å². The first-order chi connectivity index (χ1) is 9.10. The molecule has 1 unspecified atom stereocenters. The summed E-state index contributed by atoms with van der Waals surface area (Å²) in [5, 5.41) is -0.284. The molecular formula is C14H19ClO4. The summed E-state index contributed by atoms with van der Waals surface area (Å²) in [6.07, 6.45) is 0.804. The Hall–Kier alpha value is -1.42. The second kappa shape index (κ2) is 7.89. The average molecular weight is 287 g/mol. The standard InChI is InChI=1S/C14H19ClO4/c1-4-19-14(16)6-5-13(15)10-7-11(17-2)9-12(8-10)18-3/h7-9,13H,4-6H2,1-3H3. The Bertz CT molecular complexity index is 398. The zero-order valence-electron chi connectivity index (χ0n) is 11.4. The van der Waals surface area contributed by atoms with Crippen LogP contribution in [0.25, 0.3) is 0 Å². The third-order valence-electron chi connectivity index (χ3n) is 2.64. The van der Waals surface area contributed by atoms with Crippen LogP contribution < -0.4 is 9.47 Å². The van der Waals surface area contributed by atoms with Crippen LogP contribution in [-0.4, -0.2) is 26.8 Å². The topological polar surface area (TPSA) is 44.8 Å². The van der Waals surface area contributed by atoms with Gasteiger partial charge in [0.2, 0.25) is 0 Å². The summed E-state index contributed by atoms with van der Waals surface area (Å²) < 4.78 is 15.2. The van der Waals surface area contributed by atoms with Crippen LogP contribution in [0.1, 0.15) is 30.7 Å². The first-order valence-corrected chi connectivity index (χ1v) is 6.57. The van der Waals surface area contributed by atoms with Gasteiger partial charge in [-0.05, 0) is 31.0 Å². The number of hydrogen-bond acceptors (Lipinski definition) is 4. The minimum absolute atomic E-state index is 0.233. The Morgan fingerprint density at radius 1 is 1.21 bits per heavy atom. The number of methoxy groups -OCH3 is 2.